The van der Waals surface area contributed by atoms with Gasteiger partial charge in [-0.25, -0.2) is 0 Å². The summed E-state index contributed by atoms with van der Waals surface area (Å²) in [7, 11) is 0. The first-order valence-corrected chi connectivity index (χ1v) is 6.30. The fraction of sp³-hybridized carbons (Fsp3) is 0.400. The fourth-order valence-electron chi connectivity index (χ4n) is 2.22. The van der Waals surface area contributed by atoms with Crippen molar-refractivity contribution in [3.63, 3.8) is 0 Å². The van der Waals surface area contributed by atoms with Crippen molar-refractivity contribution in [3.8, 4) is 0 Å². The van der Waals surface area contributed by atoms with Gasteiger partial charge in [0.15, 0.2) is 0 Å². The molecular formula is C15H19NO2. The number of rotatable bonds is 5. The normalized spacial score (nSPS) is 11.1. The lowest BCUT2D eigenvalue weighted by molar-refractivity contribution is -0.128. The van der Waals surface area contributed by atoms with Gasteiger partial charge in [0.2, 0.25) is 0 Å². The number of carbonyl (C=O) groups excluding carboxylic acids is 1. The van der Waals surface area contributed by atoms with Crippen LogP contribution in [-0.2, 0) is 16.0 Å². The molecule has 0 spiro atoms. The van der Waals surface area contributed by atoms with Gasteiger partial charge in [0.05, 0.1) is 6.61 Å². The molecule has 1 heterocycles. The molecule has 0 bridgehead atoms. The van der Waals surface area contributed by atoms with E-state index in [1.165, 1.54) is 16.5 Å². The topological polar surface area (TPSA) is 42.1 Å². The van der Waals surface area contributed by atoms with Crippen LogP contribution in [0.2, 0.25) is 0 Å². The van der Waals surface area contributed by atoms with E-state index in [4.69, 9.17) is 4.74 Å². The SMILES string of the molecule is Cc1c(CCOC=O)[nH]c2ccc(C(C)C)cc12. The Morgan fingerprint density at radius 1 is 1.39 bits per heavy atom. The number of benzene rings is 1. The molecule has 0 aliphatic heterocycles. The van der Waals surface area contributed by atoms with Gasteiger partial charge < -0.3 is 9.72 Å². The van der Waals surface area contributed by atoms with Gasteiger partial charge in [-0.05, 0) is 36.1 Å². The van der Waals surface area contributed by atoms with E-state index in [-0.39, 0.29) is 0 Å². The number of aryl methyl sites for hydroxylation is 1. The van der Waals surface area contributed by atoms with E-state index >= 15 is 0 Å². The average Bonchev–Trinajstić information content (AvgIpc) is 2.66. The first-order valence-electron chi connectivity index (χ1n) is 6.30. The van der Waals surface area contributed by atoms with Crippen molar-refractivity contribution < 1.29 is 9.53 Å². The second kappa shape index (κ2) is 5.25. The Morgan fingerprint density at radius 2 is 2.17 bits per heavy atom. The highest BCUT2D eigenvalue weighted by molar-refractivity contribution is 5.85. The number of carbonyl (C=O) groups is 1. The Labute approximate surface area is 107 Å². The predicted molar refractivity (Wildman–Crippen MR) is 72.8 cm³/mol. The highest BCUT2D eigenvalue weighted by atomic mass is 16.5. The molecule has 1 aromatic carbocycles. The Bertz CT molecular complexity index is 555. The summed E-state index contributed by atoms with van der Waals surface area (Å²) in [6.45, 7) is 7.42. The Kier molecular flexibility index (Phi) is 3.70. The minimum atomic E-state index is 0.425. The highest BCUT2D eigenvalue weighted by Crippen LogP contribution is 2.26. The maximum absolute atomic E-state index is 10.1. The summed E-state index contributed by atoms with van der Waals surface area (Å²) in [5.74, 6) is 0.533. The molecular weight excluding hydrogens is 226 g/mol. The molecule has 3 nitrogen and oxygen atoms in total. The van der Waals surface area contributed by atoms with E-state index < -0.39 is 0 Å². The number of nitrogens with one attached hydrogen (secondary N) is 1. The molecule has 0 unspecified atom stereocenters. The third-order valence-electron chi connectivity index (χ3n) is 3.39. The summed E-state index contributed by atoms with van der Waals surface area (Å²) in [6, 6.07) is 6.53. The molecule has 3 heteroatoms. The molecule has 0 saturated heterocycles. The minimum Gasteiger partial charge on any atom is -0.467 e. The molecule has 1 N–H and O–H groups in total. The van der Waals surface area contributed by atoms with Gasteiger partial charge >= 0.3 is 0 Å². The van der Waals surface area contributed by atoms with Crippen LogP contribution in [0.5, 0.6) is 0 Å². The van der Waals surface area contributed by atoms with Crippen molar-refractivity contribution in [2.24, 2.45) is 0 Å². The van der Waals surface area contributed by atoms with Crippen LogP contribution < -0.4 is 0 Å². The molecule has 0 aliphatic rings. The quantitative estimate of drug-likeness (QED) is 0.648. The molecule has 0 aliphatic carbocycles. The second-order valence-corrected chi connectivity index (χ2v) is 4.91. The summed E-state index contributed by atoms with van der Waals surface area (Å²) < 4.78 is 4.75. The Balaban J connectivity index is 2.34. The van der Waals surface area contributed by atoms with Crippen molar-refractivity contribution >= 4 is 17.4 Å². The second-order valence-electron chi connectivity index (χ2n) is 4.91. The largest absolute Gasteiger partial charge is 0.467 e. The number of fused-ring (bicyclic) bond motifs is 1. The molecule has 0 saturated carbocycles. The maximum Gasteiger partial charge on any atom is 0.293 e. The summed E-state index contributed by atoms with van der Waals surface area (Å²) in [5, 5.41) is 1.27. The molecule has 0 atom stereocenters. The molecule has 96 valence electrons. The van der Waals surface area contributed by atoms with E-state index in [9.17, 15) is 4.79 Å². The molecule has 0 amide bonds. The monoisotopic (exact) mass is 245 g/mol. The van der Waals surface area contributed by atoms with Crippen molar-refractivity contribution in [2.75, 3.05) is 6.61 Å². The van der Waals surface area contributed by atoms with Gasteiger partial charge in [0.25, 0.3) is 6.47 Å². The van der Waals surface area contributed by atoms with E-state index in [2.05, 4.69) is 44.0 Å². The van der Waals surface area contributed by atoms with E-state index in [0.717, 1.165) is 17.6 Å². The third kappa shape index (κ3) is 2.40. The molecule has 0 fully saturated rings. The lowest BCUT2D eigenvalue weighted by Gasteiger charge is -2.04. The molecule has 2 rings (SSSR count). The smallest absolute Gasteiger partial charge is 0.293 e. The minimum absolute atomic E-state index is 0.425. The summed E-state index contributed by atoms with van der Waals surface area (Å²) in [4.78, 5) is 13.5. The summed E-state index contributed by atoms with van der Waals surface area (Å²) in [6.07, 6.45) is 0.732. The van der Waals surface area contributed by atoms with Gasteiger partial charge in [0.1, 0.15) is 0 Å². The number of aromatic amines is 1. The van der Waals surface area contributed by atoms with Crippen LogP contribution in [0.25, 0.3) is 10.9 Å². The molecule has 2 aromatic rings. The van der Waals surface area contributed by atoms with Crippen LogP contribution in [0, 0.1) is 6.92 Å². The Hall–Kier alpha value is -1.77. The van der Waals surface area contributed by atoms with Gasteiger partial charge in [-0.2, -0.15) is 0 Å². The molecule has 18 heavy (non-hydrogen) atoms. The predicted octanol–water partition coefficient (Wildman–Crippen LogP) is 3.32. The zero-order valence-corrected chi connectivity index (χ0v) is 11.1. The summed E-state index contributed by atoms with van der Waals surface area (Å²) >= 11 is 0. The first-order chi connectivity index (χ1) is 8.63. The zero-order valence-electron chi connectivity index (χ0n) is 11.1. The lowest BCUT2D eigenvalue weighted by Crippen LogP contribution is -1.98. The number of aromatic nitrogens is 1. The third-order valence-corrected chi connectivity index (χ3v) is 3.39. The van der Waals surface area contributed by atoms with Crippen LogP contribution in [0.3, 0.4) is 0 Å². The number of hydrogen-bond donors (Lipinski definition) is 1. The zero-order chi connectivity index (χ0) is 13.1. The van der Waals surface area contributed by atoms with Crippen molar-refractivity contribution in [1.82, 2.24) is 4.98 Å². The van der Waals surface area contributed by atoms with E-state index in [0.29, 0.717) is 19.0 Å². The van der Waals surface area contributed by atoms with Crippen molar-refractivity contribution in [3.05, 3.63) is 35.0 Å². The van der Waals surface area contributed by atoms with Crippen LogP contribution in [0.4, 0.5) is 0 Å². The maximum atomic E-state index is 10.1. The van der Waals surface area contributed by atoms with Crippen molar-refractivity contribution in [1.29, 1.82) is 0 Å². The van der Waals surface area contributed by atoms with E-state index in [1.54, 1.807) is 0 Å². The van der Waals surface area contributed by atoms with E-state index in [1.807, 2.05) is 0 Å². The van der Waals surface area contributed by atoms with Crippen LogP contribution in [0.1, 0.15) is 36.6 Å². The van der Waals surface area contributed by atoms with Gasteiger partial charge in [-0.15, -0.1) is 0 Å². The number of H-pyrrole nitrogens is 1. The molecule has 0 radical (unpaired) electrons. The first kappa shape index (κ1) is 12.7. The standard InChI is InChI=1S/C15H19NO2/c1-10(2)12-4-5-15-13(8-12)11(3)14(16-15)6-7-18-9-17/h4-5,8-10,16H,6-7H2,1-3H3. The van der Waals surface area contributed by atoms with Gasteiger partial charge in [-0.1, -0.05) is 19.9 Å². The lowest BCUT2D eigenvalue weighted by atomic mass is 10.0. The number of ether oxygens (including phenoxy) is 1. The summed E-state index contributed by atoms with van der Waals surface area (Å²) in [5.41, 5.74) is 4.90. The van der Waals surface area contributed by atoms with Gasteiger partial charge in [-0.3, -0.25) is 4.79 Å². The van der Waals surface area contributed by atoms with Crippen LogP contribution in [0.15, 0.2) is 18.2 Å². The fourth-order valence-corrected chi connectivity index (χ4v) is 2.22. The molecule has 1 aromatic heterocycles. The van der Waals surface area contributed by atoms with Crippen LogP contribution >= 0.6 is 0 Å². The Morgan fingerprint density at radius 3 is 2.83 bits per heavy atom. The van der Waals surface area contributed by atoms with Crippen LogP contribution in [-0.4, -0.2) is 18.1 Å². The average molecular weight is 245 g/mol. The van der Waals surface area contributed by atoms with Gasteiger partial charge in [0, 0.05) is 23.0 Å². The number of hydrogen-bond acceptors (Lipinski definition) is 2. The van der Waals surface area contributed by atoms with Crippen molar-refractivity contribution in [2.45, 2.75) is 33.1 Å². The highest BCUT2D eigenvalue weighted by Gasteiger charge is 2.09.